The average Bonchev–Trinajstić information content (AvgIpc) is 2.49. The molecule has 1 N–H and O–H groups in total. The van der Waals surface area contributed by atoms with Crippen molar-refractivity contribution in [3.8, 4) is 11.9 Å². The van der Waals surface area contributed by atoms with Crippen molar-refractivity contribution in [2.45, 2.75) is 19.5 Å². The molecule has 0 aliphatic carbocycles. The summed E-state index contributed by atoms with van der Waals surface area (Å²) in [5, 5.41) is 21.0. The van der Waals surface area contributed by atoms with Gasteiger partial charge >= 0.3 is 0 Å². The topological polar surface area (TPSA) is 82.9 Å². The summed E-state index contributed by atoms with van der Waals surface area (Å²) >= 11 is 0. The third-order valence-electron chi connectivity index (χ3n) is 3.81. The Balaban J connectivity index is 1.90. The van der Waals surface area contributed by atoms with Gasteiger partial charge in [-0.25, -0.2) is 0 Å². The van der Waals surface area contributed by atoms with Gasteiger partial charge in [0.05, 0.1) is 0 Å². The van der Waals surface area contributed by atoms with E-state index in [-0.39, 0.29) is 11.4 Å². The van der Waals surface area contributed by atoms with E-state index in [1.165, 1.54) is 5.56 Å². The smallest absolute Gasteiger partial charge is 0.265 e. The number of pyridine rings is 1. The second kappa shape index (κ2) is 5.43. The van der Waals surface area contributed by atoms with Crippen molar-refractivity contribution in [1.29, 1.82) is 5.26 Å². The minimum Gasteiger partial charge on any atom is -0.860 e. The van der Waals surface area contributed by atoms with E-state index in [1.54, 1.807) is 0 Å². The Morgan fingerprint density at radius 3 is 2.76 bits per heavy atom. The van der Waals surface area contributed by atoms with Crippen LogP contribution in [0.2, 0.25) is 0 Å². The molecule has 0 fully saturated rings. The van der Waals surface area contributed by atoms with Crippen LogP contribution in [0.4, 0.5) is 0 Å². The summed E-state index contributed by atoms with van der Waals surface area (Å²) in [5.41, 5.74) is 1.86. The van der Waals surface area contributed by atoms with Crippen LogP contribution < -0.4 is 10.7 Å². The van der Waals surface area contributed by atoms with E-state index < -0.39 is 5.56 Å². The molecule has 3 rings (SSSR count). The Morgan fingerprint density at radius 1 is 1.29 bits per heavy atom. The monoisotopic (exact) mass is 280 g/mol. The minimum absolute atomic E-state index is 0.0870. The van der Waals surface area contributed by atoms with Crippen molar-refractivity contribution in [3.05, 3.63) is 62.9 Å². The lowest BCUT2D eigenvalue weighted by Gasteiger charge is -2.31. The van der Waals surface area contributed by atoms with Gasteiger partial charge in [-0.3, -0.25) is 9.69 Å². The van der Waals surface area contributed by atoms with Gasteiger partial charge in [0, 0.05) is 19.6 Å². The van der Waals surface area contributed by atoms with Crippen LogP contribution in [0, 0.1) is 11.3 Å². The minimum atomic E-state index is -0.572. The lowest BCUT2D eigenvalue weighted by Crippen LogP contribution is -2.33. The fourth-order valence-corrected chi connectivity index (χ4v) is 2.78. The van der Waals surface area contributed by atoms with E-state index in [1.807, 2.05) is 36.4 Å². The lowest BCUT2D eigenvalue weighted by molar-refractivity contribution is -0.276. The van der Waals surface area contributed by atoms with Gasteiger partial charge in [0.15, 0.2) is 0 Å². The molecule has 0 saturated heterocycles. The van der Waals surface area contributed by atoms with Crippen molar-refractivity contribution in [1.82, 2.24) is 9.88 Å². The maximum Gasteiger partial charge on any atom is 0.265 e. The number of benzene rings is 1. The molecule has 0 saturated carbocycles. The molecule has 1 aliphatic rings. The molecule has 0 bridgehead atoms. The number of fused-ring (bicyclic) bond motifs is 1. The van der Waals surface area contributed by atoms with Gasteiger partial charge < -0.3 is 10.1 Å². The number of H-pyrrole nitrogens is 1. The zero-order valence-electron chi connectivity index (χ0n) is 11.4. The van der Waals surface area contributed by atoms with Crippen molar-refractivity contribution in [2.75, 3.05) is 6.54 Å². The first-order valence-corrected chi connectivity index (χ1v) is 6.80. The standard InChI is InChI=1S/C16H15N3O2/c17-8-13-12-6-7-19(9-11-4-2-1-3-5-11)10-14(12)16(21)18-15(13)20/h1-5H,6-7,9-10H2,(H2,18,20,21)/p-1. The van der Waals surface area contributed by atoms with Crippen LogP contribution in [-0.4, -0.2) is 16.4 Å². The number of nitrogens with one attached hydrogen (secondary N) is 1. The molecule has 0 atom stereocenters. The van der Waals surface area contributed by atoms with Crippen LogP contribution in [0.15, 0.2) is 35.1 Å². The molecule has 21 heavy (non-hydrogen) atoms. The molecule has 5 nitrogen and oxygen atoms in total. The number of aromatic amines is 1. The summed E-state index contributed by atoms with van der Waals surface area (Å²) in [6.45, 7) is 1.95. The predicted molar refractivity (Wildman–Crippen MR) is 75.5 cm³/mol. The molecular formula is C16H14N3O2-. The first-order chi connectivity index (χ1) is 10.2. The van der Waals surface area contributed by atoms with E-state index in [2.05, 4.69) is 9.88 Å². The van der Waals surface area contributed by atoms with Crippen molar-refractivity contribution in [2.24, 2.45) is 0 Å². The third kappa shape index (κ3) is 2.54. The maximum atomic E-state index is 12.0. The normalized spacial score (nSPS) is 14.4. The average molecular weight is 280 g/mol. The number of rotatable bonds is 2. The molecule has 0 unspecified atom stereocenters. The molecule has 1 aliphatic heterocycles. The van der Waals surface area contributed by atoms with Gasteiger partial charge in [0.25, 0.3) is 5.56 Å². The van der Waals surface area contributed by atoms with Crippen LogP contribution in [0.3, 0.4) is 0 Å². The first-order valence-electron chi connectivity index (χ1n) is 6.80. The molecule has 0 amide bonds. The second-order valence-electron chi connectivity index (χ2n) is 5.17. The number of aromatic nitrogens is 1. The molecule has 106 valence electrons. The maximum absolute atomic E-state index is 12.0. The largest absolute Gasteiger partial charge is 0.860 e. The van der Waals surface area contributed by atoms with Gasteiger partial charge in [-0.15, -0.1) is 0 Å². The SMILES string of the molecule is N#Cc1c2c(c([O-])[nH]c1=O)CN(Cc1ccccc1)CC2. The predicted octanol–water partition coefficient (Wildman–Crippen LogP) is 0.878. The van der Waals surface area contributed by atoms with E-state index in [0.717, 1.165) is 13.1 Å². The van der Waals surface area contributed by atoms with Crippen molar-refractivity contribution < 1.29 is 5.11 Å². The summed E-state index contributed by atoms with van der Waals surface area (Å²) in [7, 11) is 0. The Morgan fingerprint density at radius 2 is 2.05 bits per heavy atom. The number of nitrogens with zero attached hydrogens (tertiary/aromatic N) is 2. The number of hydrogen-bond donors (Lipinski definition) is 1. The van der Waals surface area contributed by atoms with Crippen LogP contribution >= 0.6 is 0 Å². The molecule has 5 heteroatoms. The van der Waals surface area contributed by atoms with E-state index in [4.69, 9.17) is 5.26 Å². The lowest BCUT2D eigenvalue weighted by atomic mass is 9.96. The highest BCUT2D eigenvalue weighted by atomic mass is 16.3. The van der Waals surface area contributed by atoms with Gasteiger partial charge in [0.2, 0.25) is 0 Å². The fourth-order valence-electron chi connectivity index (χ4n) is 2.78. The molecule has 2 aromatic rings. The Labute approximate surface area is 122 Å². The Bertz CT molecular complexity index is 760. The molecule has 1 aromatic heterocycles. The van der Waals surface area contributed by atoms with Crippen molar-refractivity contribution >= 4 is 0 Å². The van der Waals surface area contributed by atoms with Crippen LogP contribution in [0.1, 0.15) is 22.3 Å². The molecule has 0 radical (unpaired) electrons. The summed E-state index contributed by atoms with van der Waals surface area (Å²) in [4.78, 5) is 16.0. The van der Waals surface area contributed by atoms with E-state index >= 15 is 0 Å². The van der Waals surface area contributed by atoms with Gasteiger partial charge in [-0.2, -0.15) is 5.26 Å². The quantitative estimate of drug-likeness (QED) is 0.885. The third-order valence-corrected chi connectivity index (χ3v) is 3.81. The Hall–Kier alpha value is -2.58. The van der Waals surface area contributed by atoms with E-state index in [9.17, 15) is 9.90 Å². The zero-order chi connectivity index (χ0) is 14.8. The first kappa shape index (κ1) is 13.4. The summed E-state index contributed by atoms with van der Waals surface area (Å²) in [5.74, 6) is -0.369. The number of nitriles is 1. The highest BCUT2D eigenvalue weighted by Crippen LogP contribution is 2.25. The second-order valence-corrected chi connectivity index (χ2v) is 5.17. The highest BCUT2D eigenvalue weighted by molar-refractivity contribution is 5.46. The Kier molecular flexibility index (Phi) is 3.46. The van der Waals surface area contributed by atoms with Crippen LogP contribution in [0.25, 0.3) is 0 Å². The molecular weight excluding hydrogens is 266 g/mol. The van der Waals surface area contributed by atoms with Crippen molar-refractivity contribution in [3.63, 3.8) is 0 Å². The summed E-state index contributed by atoms with van der Waals surface area (Å²) in [6.07, 6.45) is 0.560. The highest BCUT2D eigenvalue weighted by Gasteiger charge is 2.21. The van der Waals surface area contributed by atoms with Crippen LogP contribution in [0.5, 0.6) is 5.88 Å². The van der Waals surface area contributed by atoms with Gasteiger partial charge in [0.1, 0.15) is 11.6 Å². The molecule has 2 heterocycles. The summed E-state index contributed by atoms with van der Waals surface area (Å²) < 4.78 is 0. The van der Waals surface area contributed by atoms with E-state index in [0.29, 0.717) is 24.1 Å². The molecule has 1 aromatic carbocycles. The summed E-state index contributed by atoms with van der Waals surface area (Å²) in [6, 6.07) is 11.9. The number of hydrogen-bond acceptors (Lipinski definition) is 4. The van der Waals surface area contributed by atoms with Gasteiger partial charge in [-0.05, 0) is 29.0 Å². The van der Waals surface area contributed by atoms with Gasteiger partial charge in [-0.1, -0.05) is 30.3 Å². The van der Waals surface area contributed by atoms with Crippen LogP contribution in [-0.2, 0) is 19.5 Å². The molecule has 0 spiro atoms. The zero-order valence-corrected chi connectivity index (χ0v) is 11.4. The fraction of sp³-hybridized carbons (Fsp3) is 0.250.